The second kappa shape index (κ2) is 6.05. The van der Waals surface area contributed by atoms with Gasteiger partial charge in [-0.25, -0.2) is 9.67 Å². The van der Waals surface area contributed by atoms with Crippen LogP contribution >= 0.6 is 46.4 Å². The second-order valence-electron chi connectivity index (χ2n) is 4.48. The Balaban J connectivity index is 2.16. The van der Waals surface area contributed by atoms with E-state index in [2.05, 4.69) is 15.1 Å². The van der Waals surface area contributed by atoms with E-state index in [0.717, 1.165) is 0 Å². The maximum atomic E-state index is 6.23. The molecule has 0 atom stereocenters. The Morgan fingerprint density at radius 3 is 2.27 bits per heavy atom. The first-order valence-corrected chi connectivity index (χ1v) is 7.64. The average Bonchev–Trinajstić information content (AvgIpc) is 2.80. The van der Waals surface area contributed by atoms with Crippen LogP contribution in [0.5, 0.6) is 0 Å². The van der Waals surface area contributed by atoms with Crippen molar-refractivity contribution in [3.63, 3.8) is 0 Å². The molecular weight excluding hydrogens is 366 g/mol. The molecular formula is C14H8Cl4N4. The number of hydrogen-bond donors (Lipinski definition) is 0. The molecule has 2 aromatic heterocycles. The third-order valence-corrected chi connectivity index (χ3v) is 4.13. The van der Waals surface area contributed by atoms with Crippen LogP contribution in [0.2, 0.25) is 20.1 Å². The minimum Gasteiger partial charge on any atom is -0.262 e. The standard InChI is InChI=1S/C14H8Cl4N4/c1-22-14(8-3-2-7(15)4-9(8)16)20-13(21-22)12-10(17)5-19-6-11(12)18/h2-6H,1H3. The summed E-state index contributed by atoms with van der Waals surface area (Å²) in [6.45, 7) is 0. The number of hydrogen-bond acceptors (Lipinski definition) is 3. The number of benzene rings is 1. The van der Waals surface area contributed by atoms with E-state index in [9.17, 15) is 0 Å². The Labute approximate surface area is 146 Å². The minimum atomic E-state index is 0.381. The lowest BCUT2D eigenvalue weighted by Crippen LogP contribution is -1.95. The Morgan fingerprint density at radius 1 is 0.955 bits per heavy atom. The predicted octanol–water partition coefficient (Wildman–Crippen LogP) is 5.16. The van der Waals surface area contributed by atoms with Crippen LogP contribution in [-0.4, -0.2) is 19.7 Å². The molecule has 8 heteroatoms. The minimum absolute atomic E-state index is 0.381. The predicted molar refractivity (Wildman–Crippen MR) is 89.7 cm³/mol. The monoisotopic (exact) mass is 372 g/mol. The fraction of sp³-hybridized carbons (Fsp3) is 0.0714. The highest BCUT2D eigenvalue weighted by atomic mass is 35.5. The molecule has 3 rings (SSSR count). The molecule has 3 aromatic rings. The van der Waals surface area contributed by atoms with E-state index >= 15 is 0 Å². The Hall–Kier alpha value is -1.33. The summed E-state index contributed by atoms with van der Waals surface area (Å²) < 4.78 is 1.61. The van der Waals surface area contributed by atoms with Gasteiger partial charge in [-0.1, -0.05) is 46.4 Å². The molecule has 0 radical (unpaired) electrons. The normalized spacial score (nSPS) is 11.0. The van der Waals surface area contributed by atoms with Crippen molar-refractivity contribution in [2.75, 3.05) is 0 Å². The Bertz CT molecular complexity index is 840. The molecule has 0 saturated carbocycles. The highest BCUT2D eigenvalue weighted by molar-refractivity contribution is 6.38. The summed E-state index contributed by atoms with van der Waals surface area (Å²) in [5.41, 5.74) is 1.25. The van der Waals surface area contributed by atoms with E-state index in [1.807, 2.05) is 0 Å². The van der Waals surface area contributed by atoms with Gasteiger partial charge in [0.2, 0.25) is 0 Å². The van der Waals surface area contributed by atoms with Crippen LogP contribution in [0.15, 0.2) is 30.6 Å². The maximum Gasteiger partial charge on any atom is 0.184 e. The van der Waals surface area contributed by atoms with Gasteiger partial charge in [0, 0.05) is 30.0 Å². The van der Waals surface area contributed by atoms with E-state index < -0.39 is 0 Å². The number of halogens is 4. The molecule has 0 fully saturated rings. The van der Waals surface area contributed by atoms with Crippen LogP contribution in [0.25, 0.3) is 22.8 Å². The average molecular weight is 374 g/mol. The van der Waals surface area contributed by atoms with Gasteiger partial charge in [0.1, 0.15) is 0 Å². The van der Waals surface area contributed by atoms with Gasteiger partial charge in [-0.15, -0.1) is 0 Å². The summed E-state index contributed by atoms with van der Waals surface area (Å²) in [6.07, 6.45) is 2.99. The van der Waals surface area contributed by atoms with Gasteiger partial charge < -0.3 is 0 Å². The van der Waals surface area contributed by atoms with Crippen molar-refractivity contribution in [3.8, 4) is 22.8 Å². The van der Waals surface area contributed by atoms with Crippen molar-refractivity contribution in [1.82, 2.24) is 19.7 Å². The van der Waals surface area contributed by atoms with Crippen molar-refractivity contribution < 1.29 is 0 Å². The summed E-state index contributed by atoms with van der Waals surface area (Å²) >= 11 is 24.4. The van der Waals surface area contributed by atoms with Gasteiger partial charge in [0.05, 0.1) is 20.6 Å². The SMILES string of the molecule is Cn1nc(-c2c(Cl)cncc2Cl)nc1-c1ccc(Cl)cc1Cl. The molecule has 0 amide bonds. The Kier molecular flexibility index (Phi) is 4.28. The molecule has 0 aliphatic heterocycles. The van der Waals surface area contributed by atoms with Gasteiger partial charge in [-0.2, -0.15) is 5.10 Å². The lowest BCUT2D eigenvalue weighted by atomic mass is 10.2. The maximum absolute atomic E-state index is 6.23. The molecule has 0 bridgehead atoms. The second-order valence-corrected chi connectivity index (χ2v) is 6.14. The van der Waals surface area contributed by atoms with Gasteiger partial charge in [0.15, 0.2) is 11.6 Å². The van der Waals surface area contributed by atoms with Gasteiger partial charge in [-0.3, -0.25) is 4.98 Å². The number of rotatable bonds is 2. The van der Waals surface area contributed by atoms with Crippen LogP contribution in [0.4, 0.5) is 0 Å². The largest absolute Gasteiger partial charge is 0.262 e. The molecule has 0 aliphatic carbocycles. The number of pyridine rings is 1. The number of nitrogens with zero attached hydrogens (tertiary/aromatic N) is 4. The molecule has 1 aromatic carbocycles. The topological polar surface area (TPSA) is 43.6 Å². The zero-order valence-corrected chi connectivity index (χ0v) is 14.2. The summed E-state index contributed by atoms with van der Waals surface area (Å²) in [5, 5.41) is 6.16. The van der Waals surface area contributed by atoms with Crippen LogP contribution in [0.3, 0.4) is 0 Å². The first-order chi connectivity index (χ1) is 10.5. The molecule has 0 N–H and O–H groups in total. The third-order valence-electron chi connectivity index (χ3n) is 3.01. The van der Waals surface area contributed by atoms with Crippen molar-refractivity contribution >= 4 is 46.4 Å². The van der Waals surface area contributed by atoms with Crippen LogP contribution in [-0.2, 0) is 7.05 Å². The molecule has 22 heavy (non-hydrogen) atoms. The first kappa shape index (κ1) is 15.6. The smallest absolute Gasteiger partial charge is 0.184 e. The summed E-state index contributed by atoms with van der Waals surface area (Å²) in [7, 11) is 1.76. The van der Waals surface area contributed by atoms with Crippen molar-refractivity contribution in [2.45, 2.75) is 0 Å². The van der Waals surface area contributed by atoms with E-state index in [1.165, 1.54) is 12.4 Å². The molecule has 0 unspecified atom stereocenters. The van der Waals surface area contributed by atoms with E-state index in [4.69, 9.17) is 46.4 Å². The number of aromatic nitrogens is 4. The Morgan fingerprint density at radius 2 is 1.64 bits per heavy atom. The van der Waals surface area contributed by atoms with Gasteiger partial charge >= 0.3 is 0 Å². The lowest BCUT2D eigenvalue weighted by Gasteiger charge is -2.03. The highest BCUT2D eigenvalue weighted by Gasteiger charge is 2.18. The van der Waals surface area contributed by atoms with Crippen molar-refractivity contribution in [3.05, 3.63) is 50.7 Å². The van der Waals surface area contributed by atoms with Gasteiger partial charge in [0.25, 0.3) is 0 Å². The zero-order valence-electron chi connectivity index (χ0n) is 11.2. The fourth-order valence-electron chi connectivity index (χ4n) is 2.02. The number of aryl methyl sites for hydroxylation is 1. The molecule has 0 aliphatic rings. The molecule has 4 nitrogen and oxygen atoms in total. The zero-order chi connectivity index (χ0) is 15.9. The van der Waals surface area contributed by atoms with Crippen LogP contribution in [0, 0.1) is 0 Å². The highest BCUT2D eigenvalue weighted by Crippen LogP contribution is 2.34. The van der Waals surface area contributed by atoms with E-state index in [1.54, 1.807) is 29.9 Å². The third kappa shape index (κ3) is 2.79. The summed E-state index contributed by atoms with van der Waals surface area (Å²) in [4.78, 5) is 8.41. The molecule has 2 heterocycles. The molecule has 0 spiro atoms. The van der Waals surface area contributed by atoms with E-state index in [0.29, 0.717) is 42.9 Å². The lowest BCUT2D eigenvalue weighted by molar-refractivity contribution is 0.777. The van der Waals surface area contributed by atoms with Gasteiger partial charge in [-0.05, 0) is 18.2 Å². The fourth-order valence-corrected chi connectivity index (χ4v) is 3.05. The van der Waals surface area contributed by atoms with E-state index in [-0.39, 0.29) is 0 Å². The quantitative estimate of drug-likeness (QED) is 0.623. The van der Waals surface area contributed by atoms with Crippen LogP contribution < -0.4 is 0 Å². The summed E-state index contributed by atoms with van der Waals surface area (Å²) in [5.74, 6) is 0.988. The molecule has 112 valence electrons. The van der Waals surface area contributed by atoms with Crippen molar-refractivity contribution in [2.24, 2.45) is 7.05 Å². The summed E-state index contributed by atoms with van der Waals surface area (Å²) in [6, 6.07) is 5.18. The van der Waals surface area contributed by atoms with Crippen molar-refractivity contribution in [1.29, 1.82) is 0 Å². The van der Waals surface area contributed by atoms with Crippen LogP contribution in [0.1, 0.15) is 0 Å². The molecule has 0 saturated heterocycles. The first-order valence-electron chi connectivity index (χ1n) is 6.13.